The number of ether oxygens (including phenoxy) is 1. The molecule has 2 aromatic rings. The van der Waals surface area contributed by atoms with Gasteiger partial charge in [0.1, 0.15) is 6.04 Å². The number of hydrogen-bond acceptors (Lipinski definition) is 6. The predicted octanol–water partition coefficient (Wildman–Crippen LogP) is 3.11. The van der Waals surface area contributed by atoms with E-state index in [1.54, 1.807) is 42.9 Å². The second kappa shape index (κ2) is 11.2. The van der Waals surface area contributed by atoms with Gasteiger partial charge >= 0.3 is 5.97 Å². The molecule has 1 aromatic heterocycles. The molecule has 0 saturated carbocycles. The quantitative estimate of drug-likeness (QED) is 0.550. The predicted molar refractivity (Wildman–Crippen MR) is 123 cm³/mol. The summed E-state index contributed by atoms with van der Waals surface area (Å²) in [5, 5.41) is 9.95. The Morgan fingerprint density at radius 2 is 1.94 bits per heavy atom. The van der Waals surface area contributed by atoms with Crippen LogP contribution >= 0.6 is 23.4 Å². The first-order valence-electron chi connectivity index (χ1n) is 9.71. The highest BCUT2D eigenvalue weighted by atomic mass is 35.5. The van der Waals surface area contributed by atoms with Gasteiger partial charge in [-0.2, -0.15) is 16.9 Å². The van der Waals surface area contributed by atoms with Crippen molar-refractivity contribution in [1.29, 1.82) is 0 Å². The minimum Gasteiger partial charge on any atom is -0.451 e. The SMILES string of the molecule is CSCCC(NC(=O)c1ccccc1Cl)C(=O)OC(C)C(=O)Nc1c(C)nn(C)c1C. The van der Waals surface area contributed by atoms with Crippen LogP contribution in [-0.4, -0.2) is 51.7 Å². The molecule has 2 unspecified atom stereocenters. The van der Waals surface area contributed by atoms with Gasteiger partial charge in [0.25, 0.3) is 11.8 Å². The zero-order valence-electron chi connectivity index (χ0n) is 18.2. The summed E-state index contributed by atoms with van der Waals surface area (Å²) in [6.45, 7) is 5.09. The number of nitrogens with one attached hydrogen (secondary N) is 2. The number of anilines is 1. The van der Waals surface area contributed by atoms with Gasteiger partial charge in [-0.1, -0.05) is 23.7 Å². The molecule has 168 valence electrons. The van der Waals surface area contributed by atoms with E-state index in [-0.39, 0.29) is 10.6 Å². The van der Waals surface area contributed by atoms with Crippen LogP contribution in [0.3, 0.4) is 0 Å². The Hall–Kier alpha value is -2.52. The van der Waals surface area contributed by atoms with Crippen LogP contribution in [-0.2, 0) is 21.4 Å². The Labute approximate surface area is 191 Å². The van der Waals surface area contributed by atoms with Crippen molar-refractivity contribution in [2.45, 2.75) is 39.3 Å². The van der Waals surface area contributed by atoms with E-state index >= 15 is 0 Å². The minimum atomic E-state index is -1.06. The lowest BCUT2D eigenvalue weighted by molar-refractivity contribution is -0.155. The molecule has 0 aliphatic carbocycles. The van der Waals surface area contributed by atoms with Gasteiger partial charge in [-0.05, 0) is 51.3 Å². The number of benzene rings is 1. The third-order valence-electron chi connectivity index (χ3n) is 4.74. The van der Waals surface area contributed by atoms with Crippen molar-refractivity contribution in [3.63, 3.8) is 0 Å². The van der Waals surface area contributed by atoms with Crippen molar-refractivity contribution in [2.24, 2.45) is 7.05 Å². The Kier molecular flexibility index (Phi) is 8.94. The van der Waals surface area contributed by atoms with Crippen molar-refractivity contribution >= 4 is 46.8 Å². The van der Waals surface area contributed by atoms with Crippen molar-refractivity contribution in [3.05, 3.63) is 46.2 Å². The van der Waals surface area contributed by atoms with Gasteiger partial charge in [-0.25, -0.2) is 4.79 Å². The standard InChI is InChI=1S/C21H27ClN4O4S/c1-12-18(13(2)26(4)25-12)24-19(27)14(3)30-21(29)17(10-11-31-5)23-20(28)15-8-6-7-9-16(15)22/h6-9,14,17H,10-11H2,1-5H3,(H,23,28)(H,24,27). The molecule has 0 aliphatic rings. The average molecular weight is 467 g/mol. The lowest BCUT2D eigenvalue weighted by atomic mass is 10.1. The van der Waals surface area contributed by atoms with Crippen molar-refractivity contribution in [1.82, 2.24) is 15.1 Å². The van der Waals surface area contributed by atoms with Gasteiger partial charge in [0.2, 0.25) is 0 Å². The largest absolute Gasteiger partial charge is 0.451 e. The molecule has 0 fully saturated rings. The summed E-state index contributed by atoms with van der Waals surface area (Å²) in [6.07, 6.45) is 1.19. The van der Waals surface area contributed by atoms with Gasteiger partial charge in [-0.15, -0.1) is 0 Å². The van der Waals surface area contributed by atoms with Gasteiger partial charge in [0.05, 0.1) is 27.7 Å². The third kappa shape index (κ3) is 6.48. The first kappa shape index (κ1) is 24.7. The van der Waals surface area contributed by atoms with Crippen LogP contribution in [0.4, 0.5) is 5.69 Å². The van der Waals surface area contributed by atoms with Gasteiger partial charge < -0.3 is 15.4 Å². The molecule has 31 heavy (non-hydrogen) atoms. The van der Waals surface area contributed by atoms with Gasteiger partial charge in [0.15, 0.2) is 6.10 Å². The van der Waals surface area contributed by atoms with Gasteiger partial charge in [0, 0.05) is 7.05 Å². The lowest BCUT2D eigenvalue weighted by Crippen LogP contribution is -2.44. The highest BCUT2D eigenvalue weighted by Crippen LogP contribution is 2.19. The molecule has 2 amide bonds. The summed E-state index contributed by atoms with van der Waals surface area (Å²) < 4.78 is 7.02. The Morgan fingerprint density at radius 3 is 2.52 bits per heavy atom. The van der Waals surface area contributed by atoms with Crippen molar-refractivity contribution in [2.75, 3.05) is 17.3 Å². The number of thioether (sulfide) groups is 1. The number of rotatable bonds is 9. The number of amides is 2. The molecule has 8 nitrogen and oxygen atoms in total. The van der Waals surface area contributed by atoms with E-state index in [9.17, 15) is 14.4 Å². The number of esters is 1. The monoisotopic (exact) mass is 466 g/mol. The van der Waals surface area contributed by atoms with Crippen LogP contribution in [0.25, 0.3) is 0 Å². The normalized spacial score (nSPS) is 12.7. The molecule has 10 heteroatoms. The molecule has 0 saturated heterocycles. The molecule has 0 radical (unpaired) electrons. The summed E-state index contributed by atoms with van der Waals surface area (Å²) in [6, 6.07) is 5.66. The minimum absolute atomic E-state index is 0.263. The number of halogens is 1. The van der Waals surface area contributed by atoms with Crippen LogP contribution in [0.5, 0.6) is 0 Å². The smallest absolute Gasteiger partial charge is 0.329 e. The fourth-order valence-corrected chi connectivity index (χ4v) is 3.55. The third-order valence-corrected chi connectivity index (χ3v) is 5.71. The Morgan fingerprint density at radius 1 is 1.26 bits per heavy atom. The van der Waals surface area contributed by atoms with E-state index < -0.39 is 29.9 Å². The zero-order chi connectivity index (χ0) is 23.1. The molecule has 2 N–H and O–H groups in total. The average Bonchev–Trinajstić information content (AvgIpc) is 2.96. The van der Waals surface area contributed by atoms with E-state index in [1.165, 1.54) is 18.7 Å². The molecule has 1 aromatic carbocycles. The lowest BCUT2D eigenvalue weighted by Gasteiger charge is -2.20. The molecule has 2 atom stereocenters. The van der Waals surface area contributed by atoms with Crippen molar-refractivity contribution in [3.8, 4) is 0 Å². The number of carbonyl (C=O) groups is 3. The summed E-state index contributed by atoms with van der Waals surface area (Å²) >= 11 is 7.61. The Balaban J connectivity index is 2.05. The molecule has 1 heterocycles. The molecular weight excluding hydrogens is 440 g/mol. The second-order valence-electron chi connectivity index (χ2n) is 7.03. The number of hydrogen-bond donors (Lipinski definition) is 2. The van der Waals surface area contributed by atoms with Crippen LogP contribution in [0.1, 0.15) is 35.1 Å². The number of aromatic nitrogens is 2. The van der Waals surface area contributed by atoms with E-state index in [4.69, 9.17) is 16.3 Å². The molecule has 0 aliphatic heterocycles. The summed E-state index contributed by atoms with van der Waals surface area (Å²) in [4.78, 5) is 37.9. The summed E-state index contributed by atoms with van der Waals surface area (Å²) in [7, 11) is 1.78. The maximum atomic E-state index is 12.7. The summed E-state index contributed by atoms with van der Waals surface area (Å²) in [5.41, 5.74) is 2.30. The highest BCUT2D eigenvalue weighted by molar-refractivity contribution is 7.98. The molecule has 0 spiro atoms. The zero-order valence-corrected chi connectivity index (χ0v) is 19.8. The van der Waals surface area contributed by atoms with E-state index in [0.29, 0.717) is 23.6 Å². The fourth-order valence-electron chi connectivity index (χ4n) is 2.86. The first-order chi connectivity index (χ1) is 14.6. The Bertz CT molecular complexity index is 963. The van der Waals surface area contributed by atoms with Crippen LogP contribution in [0.15, 0.2) is 24.3 Å². The van der Waals surface area contributed by atoms with E-state index in [0.717, 1.165) is 5.69 Å². The van der Waals surface area contributed by atoms with E-state index in [2.05, 4.69) is 15.7 Å². The fraction of sp³-hybridized carbons (Fsp3) is 0.429. The first-order valence-corrected chi connectivity index (χ1v) is 11.5. The molecular formula is C21H27ClN4O4S. The second-order valence-corrected chi connectivity index (χ2v) is 8.42. The van der Waals surface area contributed by atoms with Crippen LogP contribution in [0.2, 0.25) is 5.02 Å². The maximum Gasteiger partial charge on any atom is 0.329 e. The summed E-state index contributed by atoms with van der Waals surface area (Å²) in [5.74, 6) is -1.02. The van der Waals surface area contributed by atoms with E-state index in [1.807, 2.05) is 13.2 Å². The maximum absolute atomic E-state index is 12.7. The number of aryl methyl sites for hydroxylation is 2. The molecule has 2 rings (SSSR count). The number of nitrogens with zero attached hydrogens (tertiary/aromatic N) is 2. The highest BCUT2D eigenvalue weighted by Gasteiger charge is 2.28. The van der Waals surface area contributed by atoms with Crippen LogP contribution < -0.4 is 10.6 Å². The molecule has 0 bridgehead atoms. The topological polar surface area (TPSA) is 102 Å². The van der Waals surface area contributed by atoms with Crippen LogP contribution in [0, 0.1) is 13.8 Å². The van der Waals surface area contributed by atoms with Crippen molar-refractivity contribution < 1.29 is 19.1 Å². The number of carbonyl (C=O) groups excluding carboxylic acids is 3. The van der Waals surface area contributed by atoms with Gasteiger partial charge in [-0.3, -0.25) is 14.3 Å².